The summed E-state index contributed by atoms with van der Waals surface area (Å²) in [5.41, 5.74) is 2.64. The van der Waals surface area contributed by atoms with Crippen LogP contribution in [-0.2, 0) is 11.3 Å². The van der Waals surface area contributed by atoms with E-state index in [1.807, 2.05) is 43.3 Å². The highest BCUT2D eigenvalue weighted by atomic mass is 35.5. The van der Waals surface area contributed by atoms with Crippen LogP contribution in [0.3, 0.4) is 0 Å². The second-order valence-corrected chi connectivity index (χ2v) is 7.83. The Morgan fingerprint density at radius 1 is 1.25 bits per heavy atom. The van der Waals surface area contributed by atoms with Crippen molar-refractivity contribution in [3.63, 3.8) is 0 Å². The van der Waals surface area contributed by atoms with Gasteiger partial charge in [-0.15, -0.1) is 0 Å². The van der Waals surface area contributed by atoms with Gasteiger partial charge in [0.15, 0.2) is 0 Å². The lowest BCUT2D eigenvalue weighted by atomic mass is 10.0. The maximum Gasteiger partial charge on any atom is 0.261 e. The van der Waals surface area contributed by atoms with Crippen molar-refractivity contribution in [1.82, 2.24) is 14.9 Å². The standard InChI is InChI=1S/C22H22ClN3O2/c1-14-3-2-4-18-20(14)24-13-26(22(18)28)12-11-19(27)25-21(15-5-6-15)16-7-9-17(23)10-8-16/h2-4,7-10,13,15,21H,5-6,11-12H2,1H3,(H,25,27). The molecule has 1 atom stereocenters. The maximum absolute atomic E-state index is 12.7. The van der Waals surface area contributed by atoms with E-state index >= 15 is 0 Å². The molecule has 0 saturated heterocycles. The number of aromatic nitrogens is 2. The highest BCUT2D eigenvalue weighted by molar-refractivity contribution is 6.30. The van der Waals surface area contributed by atoms with E-state index in [1.165, 1.54) is 10.9 Å². The highest BCUT2D eigenvalue weighted by Gasteiger charge is 2.33. The van der Waals surface area contributed by atoms with Gasteiger partial charge in [0.05, 0.1) is 23.3 Å². The van der Waals surface area contributed by atoms with Crippen LogP contribution in [0, 0.1) is 12.8 Å². The molecule has 5 nitrogen and oxygen atoms in total. The predicted molar refractivity (Wildman–Crippen MR) is 110 cm³/mol. The Balaban J connectivity index is 1.45. The van der Waals surface area contributed by atoms with Gasteiger partial charge in [-0.3, -0.25) is 14.2 Å². The summed E-state index contributed by atoms with van der Waals surface area (Å²) in [6.07, 6.45) is 3.99. The van der Waals surface area contributed by atoms with Crippen molar-refractivity contribution in [1.29, 1.82) is 0 Å². The number of hydrogen-bond acceptors (Lipinski definition) is 3. The Morgan fingerprint density at radius 2 is 2.00 bits per heavy atom. The first-order chi connectivity index (χ1) is 13.5. The molecule has 1 fully saturated rings. The average Bonchev–Trinajstić information content (AvgIpc) is 3.52. The van der Waals surface area contributed by atoms with E-state index < -0.39 is 0 Å². The molecule has 1 aliphatic carbocycles. The van der Waals surface area contributed by atoms with E-state index in [2.05, 4.69) is 10.3 Å². The fourth-order valence-corrected chi connectivity index (χ4v) is 3.66. The summed E-state index contributed by atoms with van der Waals surface area (Å²) in [4.78, 5) is 29.6. The largest absolute Gasteiger partial charge is 0.349 e. The zero-order valence-electron chi connectivity index (χ0n) is 15.7. The van der Waals surface area contributed by atoms with Crippen LogP contribution in [-0.4, -0.2) is 15.5 Å². The molecular formula is C22H22ClN3O2. The van der Waals surface area contributed by atoms with Crippen molar-refractivity contribution in [3.05, 3.63) is 75.3 Å². The van der Waals surface area contributed by atoms with E-state index in [0.717, 1.165) is 24.0 Å². The normalized spacial score (nSPS) is 14.8. The molecule has 0 aliphatic heterocycles. The van der Waals surface area contributed by atoms with Crippen LogP contribution in [0.25, 0.3) is 10.9 Å². The number of benzene rings is 2. The van der Waals surface area contributed by atoms with Gasteiger partial charge in [0.2, 0.25) is 5.91 Å². The third-order valence-corrected chi connectivity index (χ3v) is 5.53. The number of nitrogens with zero attached hydrogens (tertiary/aromatic N) is 2. The summed E-state index contributed by atoms with van der Waals surface area (Å²) in [6, 6.07) is 13.2. The van der Waals surface area contributed by atoms with Gasteiger partial charge in [0.1, 0.15) is 0 Å². The number of amides is 1. The molecule has 1 heterocycles. The van der Waals surface area contributed by atoms with Crippen LogP contribution < -0.4 is 10.9 Å². The molecular weight excluding hydrogens is 374 g/mol. The first-order valence-electron chi connectivity index (χ1n) is 9.52. The van der Waals surface area contributed by atoms with Crippen LogP contribution in [0.2, 0.25) is 5.02 Å². The SMILES string of the molecule is Cc1cccc2c(=O)n(CCC(=O)NC(c3ccc(Cl)cc3)C3CC3)cnc12. The van der Waals surface area contributed by atoms with Crippen molar-refractivity contribution < 1.29 is 4.79 Å². The lowest BCUT2D eigenvalue weighted by Crippen LogP contribution is -2.31. The number of rotatable bonds is 6. The molecule has 1 aromatic heterocycles. The summed E-state index contributed by atoms with van der Waals surface area (Å²) in [6.45, 7) is 2.24. The number of hydrogen-bond donors (Lipinski definition) is 1. The fourth-order valence-electron chi connectivity index (χ4n) is 3.54. The molecule has 0 spiro atoms. The molecule has 1 amide bonds. The lowest BCUT2D eigenvalue weighted by molar-refractivity contribution is -0.122. The summed E-state index contributed by atoms with van der Waals surface area (Å²) >= 11 is 5.98. The maximum atomic E-state index is 12.7. The number of nitrogens with one attached hydrogen (secondary N) is 1. The zero-order valence-corrected chi connectivity index (χ0v) is 16.4. The van der Waals surface area contributed by atoms with E-state index in [9.17, 15) is 9.59 Å². The first kappa shape index (κ1) is 18.7. The van der Waals surface area contributed by atoms with Gasteiger partial charge in [0.25, 0.3) is 5.56 Å². The first-order valence-corrected chi connectivity index (χ1v) is 9.90. The Bertz CT molecular complexity index is 1070. The minimum absolute atomic E-state index is 0.00105. The summed E-state index contributed by atoms with van der Waals surface area (Å²) < 4.78 is 1.51. The Morgan fingerprint density at radius 3 is 2.71 bits per heavy atom. The van der Waals surface area contributed by atoms with Crippen molar-refractivity contribution in [3.8, 4) is 0 Å². The zero-order chi connectivity index (χ0) is 19.7. The number of halogens is 1. The van der Waals surface area contributed by atoms with Crippen LogP contribution in [0.15, 0.2) is 53.6 Å². The molecule has 144 valence electrons. The quantitative estimate of drug-likeness (QED) is 0.685. The third-order valence-electron chi connectivity index (χ3n) is 5.27. The predicted octanol–water partition coefficient (Wildman–Crippen LogP) is 4.02. The molecule has 6 heteroatoms. The topological polar surface area (TPSA) is 64.0 Å². The van der Waals surface area contributed by atoms with Gasteiger partial charge in [-0.25, -0.2) is 4.98 Å². The second-order valence-electron chi connectivity index (χ2n) is 7.40. The van der Waals surface area contributed by atoms with Crippen molar-refractivity contribution in [2.75, 3.05) is 0 Å². The average molecular weight is 396 g/mol. The summed E-state index contributed by atoms with van der Waals surface area (Å²) in [5, 5.41) is 4.40. The van der Waals surface area contributed by atoms with Gasteiger partial charge in [0, 0.05) is 18.0 Å². The number of para-hydroxylation sites is 1. The van der Waals surface area contributed by atoms with Crippen molar-refractivity contribution in [2.45, 2.75) is 38.8 Å². The van der Waals surface area contributed by atoms with E-state index in [0.29, 0.717) is 28.4 Å². The fraction of sp³-hybridized carbons (Fsp3) is 0.318. The number of carbonyl (C=O) groups is 1. The summed E-state index contributed by atoms with van der Waals surface area (Å²) in [7, 11) is 0. The monoisotopic (exact) mass is 395 g/mol. The lowest BCUT2D eigenvalue weighted by Gasteiger charge is -2.19. The van der Waals surface area contributed by atoms with Gasteiger partial charge in [-0.2, -0.15) is 0 Å². The smallest absolute Gasteiger partial charge is 0.261 e. The van der Waals surface area contributed by atoms with Gasteiger partial charge in [-0.05, 0) is 55.0 Å². The van der Waals surface area contributed by atoms with Gasteiger partial charge < -0.3 is 5.32 Å². The van der Waals surface area contributed by atoms with E-state index in [4.69, 9.17) is 11.6 Å². The van der Waals surface area contributed by atoms with Crippen molar-refractivity contribution in [2.24, 2.45) is 5.92 Å². The van der Waals surface area contributed by atoms with E-state index in [1.54, 1.807) is 6.07 Å². The van der Waals surface area contributed by atoms with Gasteiger partial charge >= 0.3 is 0 Å². The van der Waals surface area contributed by atoms with Crippen LogP contribution in [0.4, 0.5) is 0 Å². The Hall–Kier alpha value is -2.66. The Kier molecular flexibility index (Phi) is 5.18. The van der Waals surface area contributed by atoms with Crippen LogP contribution >= 0.6 is 11.6 Å². The third kappa shape index (κ3) is 3.94. The molecule has 1 saturated carbocycles. The number of carbonyl (C=O) groups excluding carboxylic acids is 1. The second kappa shape index (κ2) is 7.76. The molecule has 1 unspecified atom stereocenters. The van der Waals surface area contributed by atoms with E-state index in [-0.39, 0.29) is 23.9 Å². The minimum atomic E-state index is -0.113. The van der Waals surface area contributed by atoms with Crippen LogP contribution in [0.5, 0.6) is 0 Å². The summed E-state index contributed by atoms with van der Waals surface area (Å²) in [5.74, 6) is 0.404. The van der Waals surface area contributed by atoms with Crippen molar-refractivity contribution >= 4 is 28.4 Å². The molecule has 1 N–H and O–H groups in total. The molecule has 4 rings (SSSR count). The van der Waals surface area contributed by atoms with Crippen LogP contribution in [0.1, 0.15) is 36.4 Å². The molecule has 2 aromatic carbocycles. The molecule has 0 radical (unpaired) electrons. The molecule has 28 heavy (non-hydrogen) atoms. The Labute approximate surface area is 168 Å². The number of fused-ring (bicyclic) bond motifs is 1. The van der Waals surface area contributed by atoms with Gasteiger partial charge in [-0.1, -0.05) is 35.9 Å². The highest BCUT2D eigenvalue weighted by Crippen LogP contribution is 2.41. The number of aryl methyl sites for hydroxylation is 2. The molecule has 3 aromatic rings. The molecule has 0 bridgehead atoms. The molecule has 1 aliphatic rings. The minimum Gasteiger partial charge on any atom is -0.349 e.